The Labute approximate surface area is 218 Å². The third kappa shape index (κ3) is 5.12. The van der Waals surface area contributed by atoms with E-state index in [0.29, 0.717) is 33.5 Å². The largest absolute Gasteiger partial charge is 0.382 e. The lowest BCUT2D eigenvalue weighted by Crippen LogP contribution is -2.19. The standard InChI is InChI=1S/C28H24ClFN6O/c1-16(20-12-18(5-7-23(20)30)26-31-9-4-10-32-26)36-25-21-11-17(6-8-24(21)33-15-22(25)29)19-13-34-27(35-14-19)28(2,3)37/h4-16,37H,1-3H3,(H,33,36)/t16-/m1/s1. The van der Waals surface area contributed by atoms with Crippen molar-refractivity contribution < 1.29 is 9.50 Å². The average molecular weight is 515 g/mol. The molecule has 0 unspecified atom stereocenters. The number of hydrogen-bond acceptors (Lipinski definition) is 7. The summed E-state index contributed by atoms with van der Waals surface area (Å²) >= 11 is 6.58. The molecule has 0 aliphatic rings. The monoisotopic (exact) mass is 514 g/mol. The minimum atomic E-state index is -1.13. The Bertz CT molecular complexity index is 1570. The van der Waals surface area contributed by atoms with Crippen molar-refractivity contribution in [3.8, 4) is 22.5 Å². The predicted octanol–water partition coefficient (Wildman–Crippen LogP) is 6.34. The molecule has 0 spiro atoms. The Morgan fingerprint density at radius 2 is 1.59 bits per heavy atom. The predicted molar refractivity (Wildman–Crippen MR) is 142 cm³/mol. The Kier molecular flexibility index (Phi) is 6.54. The van der Waals surface area contributed by atoms with E-state index in [2.05, 4.69) is 30.2 Å². The van der Waals surface area contributed by atoms with Crippen LogP contribution >= 0.6 is 11.6 Å². The van der Waals surface area contributed by atoms with Crippen LogP contribution in [-0.2, 0) is 5.60 Å². The van der Waals surface area contributed by atoms with Gasteiger partial charge in [-0.15, -0.1) is 0 Å². The number of aliphatic hydroxyl groups is 1. The van der Waals surface area contributed by atoms with Crippen LogP contribution in [0.5, 0.6) is 0 Å². The zero-order valence-electron chi connectivity index (χ0n) is 20.4. The van der Waals surface area contributed by atoms with Gasteiger partial charge >= 0.3 is 0 Å². The first-order valence-electron chi connectivity index (χ1n) is 11.7. The van der Waals surface area contributed by atoms with Gasteiger partial charge in [-0.3, -0.25) is 4.98 Å². The van der Waals surface area contributed by atoms with Crippen molar-refractivity contribution >= 4 is 28.2 Å². The van der Waals surface area contributed by atoms with Gasteiger partial charge in [0.1, 0.15) is 11.4 Å². The van der Waals surface area contributed by atoms with Crippen molar-refractivity contribution in [3.63, 3.8) is 0 Å². The minimum Gasteiger partial charge on any atom is -0.382 e. The van der Waals surface area contributed by atoms with Crippen LogP contribution in [0.25, 0.3) is 33.4 Å². The zero-order chi connectivity index (χ0) is 26.2. The second-order valence-electron chi connectivity index (χ2n) is 9.24. The summed E-state index contributed by atoms with van der Waals surface area (Å²) in [5, 5.41) is 14.7. The third-order valence-corrected chi connectivity index (χ3v) is 6.29. The van der Waals surface area contributed by atoms with Gasteiger partial charge in [0.05, 0.1) is 22.3 Å². The van der Waals surface area contributed by atoms with Crippen LogP contribution in [0.15, 0.2) is 73.4 Å². The summed E-state index contributed by atoms with van der Waals surface area (Å²) in [6.45, 7) is 5.14. The highest BCUT2D eigenvalue weighted by Gasteiger charge is 2.20. The molecule has 9 heteroatoms. The maximum Gasteiger partial charge on any atom is 0.159 e. The summed E-state index contributed by atoms with van der Waals surface area (Å²) in [7, 11) is 0. The maximum absolute atomic E-state index is 14.9. The number of benzene rings is 2. The van der Waals surface area contributed by atoms with E-state index in [1.165, 1.54) is 6.07 Å². The highest BCUT2D eigenvalue weighted by molar-refractivity contribution is 6.34. The van der Waals surface area contributed by atoms with Gasteiger partial charge in [0.15, 0.2) is 11.6 Å². The second kappa shape index (κ2) is 9.80. The number of fused-ring (bicyclic) bond motifs is 1. The molecule has 2 aromatic carbocycles. The highest BCUT2D eigenvalue weighted by atomic mass is 35.5. The fourth-order valence-electron chi connectivity index (χ4n) is 4.04. The van der Waals surface area contributed by atoms with Crippen molar-refractivity contribution in [1.82, 2.24) is 24.9 Å². The molecule has 2 N–H and O–H groups in total. The topological polar surface area (TPSA) is 96.7 Å². The van der Waals surface area contributed by atoms with E-state index in [9.17, 15) is 9.50 Å². The first-order chi connectivity index (χ1) is 17.7. The van der Waals surface area contributed by atoms with E-state index in [0.717, 1.165) is 22.0 Å². The van der Waals surface area contributed by atoms with Gasteiger partial charge in [0.25, 0.3) is 0 Å². The van der Waals surface area contributed by atoms with E-state index in [4.69, 9.17) is 11.6 Å². The number of pyridine rings is 1. The lowest BCUT2D eigenvalue weighted by Gasteiger charge is -2.20. The van der Waals surface area contributed by atoms with Crippen molar-refractivity contribution in [2.45, 2.75) is 32.4 Å². The van der Waals surface area contributed by atoms with Crippen molar-refractivity contribution in [2.75, 3.05) is 5.32 Å². The summed E-state index contributed by atoms with van der Waals surface area (Å²) in [5.74, 6) is 0.507. The smallest absolute Gasteiger partial charge is 0.159 e. The molecular weight excluding hydrogens is 491 g/mol. The molecule has 37 heavy (non-hydrogen) atoms. The van der Waals surface area contributed by atoms with Gasteiger partial charge in [-0.05, 0) is 62.7 Å². The normalized spacial score (nSPS) is 12.5. The number of nitrogens with one attached hydrogen (secondary N) is 1. The summed E-state index contributed by atoms with van der Waals surface area (Å²) in [4.78, 5) is 21.6. The van der Waals surface area contributed by atoms with Crippen LogP contribution in [0.3, 0.4) is 0 Å². The SMILES string of the molecule is C[C@@H](Nc1c(Cl)cnc2ccc(-c3cnc(C(C)(C)O)nc3)cc12)c1cc(-c2ncccn2)ccc1F. The molecule has 0 saturated heterocycles. The Morgan fingerprint density at radius 1 is 0.892 bits per heavy atom. The Balaban J connectivity index is 1.51. The fraction of sp³-hybridized carbons (Fsp3) is 0.179. The molecular formula is C28H24ClFN6O. The Morgan fingerprint density at radius 3 is 2.30 bits per heavy atom. The number of anilines is 1. The highest BCUT2D eigenvalue weighted by Crippen LogP contribution is 2.36. The first-order valence-corrected chi connectivity index (χ1v) is 12.1. The number of rotatable bonds is 6. The van der Waals surface area contributed by atoms with Gasteiger partial charge in [0, 0.05) is 53.1 Å². The van der Waals surface area contributed by atoms with E-state index >= 15 is 0 Å². The molecule has 0 bridgehead atoms. The number of aromatic nitrogens is 5. The molecule has 0 amide bonds. The zero-order valence-corrected chi connectivity index (χ0v) is 21.2. The lowest BCUT2D eigenvalue weighted by molar-refractivity contribution is 0.0687. The summed E-state index contributed by atoms with van der Waals surface area (Å²) in [5.41, 5.74) is 3.02. The molecule has 1 atom stereocenters. The van der Waals surface area contributed by atoms with Gasteiger partial charge < -0.3 is 10.4 Å². The summed E-state index contributed by atoms with van der Waals surface area (Å²) in [6, 6.07) is 11.9. The fourth-order valence-corrected chi connectivity index (χ4v) is 4.25. The molecule has 0 saturated carbocycles. The molecule has 7 nitrogen and oxygen atoms in total. The molecule has 186 valence electrons. The van der Waals surface area contributed by atoms with Crippen molar-refractivity contribution in [1.29, 1.82) is 0 Å². The van der Waals surface area contributed by atoms with Crippen molar-refractivity contribution in [2.24, 2.45) is 0 Å². The van der Waals surface area contributed by atoms with E-state index < -0.39 is 11.6 Å². The van der Waals surface area contributed by atoms with Crippen LogP contribution < -0.4 is 5.32 Å². The molecule has 5 rings (SSSR count). The number of hydrogen-bond donors (Lipinski definition) is 2. The minimum absolute atomic E-state index is 0.336. The molecule has 0 aliphatic heterocycles. The molecule has 0 fully saturated rings. The van der Waals surface area contributed by atoms with Gasteiger partial charge in [0.2, 0.25) is 0 Å². The van der Waals surface area contributed by atoms with Crippen LogP contribution in [-0.4, -0.2) is 30.0 Å². The number of halogens is 2. The average Bonchev–Trinajstić information content (AvgIpc) is 2.90. The van der Waals surface area contributed by atoms with Crippen LogP contribution in [0.1, 0.15) is 38.2 Å². The maximum atomic E-state index is 14.9. The Hall–Kier alpha value is -4.01. The van der Waals surface area contributed by atoms with E-state index in [1.807, 2.05) is 25.1 Å². The lowest BCUT2D eigenvalue weighted by atomic mass is 10.0. The van der Waals surface area contributed by atoms with Crippen LogP contribution in [0, 0.1) is 5.82 Å². The van der Waals surface area contributed by atoms with Crippen LogP contribution in [0.2, 0.25) is 5.02 Å². The van der Waals surface area contributed by atoms with E-state index in [1.54, 1.807) is 63.0 Å². The molecule has 0 radical (unpaired) electrons. The summed E-state index contributed by atoms with van der Waals surface area (Å²) in [6.07, 6.45) is 8.21. The van der Waals surface area contributed by atoms with Gasteiger partial charge in [-0.1, -0.05) is 17.7 Å². The molecule has 3 heterocycles. The molecule has 5 aromatic rings. The third-order valence-electron chi connectivity index (χ3n) is 6.00. The quantitative estimate of drug-likeness (QED) is 0.273. The van der Waals surface area contributed by atoms with Crippen molar-refractivity contribution in [3.05, 3.63) is 95.7 Å². The molecule has 3 aromatic heterocycles. The second-order valence-corrected chi connectivity index (χ2v) is 9.65. The van der Waals surface area contributed by atoms with E-state index in [-0.39, 0.29) is 5.82 Å². The van der Waals surface area contributed by atoms with Gasteiger partial charge in [-0.2, -0.15) is 0 Å². The van der Waals surface area contributed by atoms with Gasteiger partial charge in [-0.25, -0.2) is 24.3 Å². The number of nitrogens with zero attached hydrogens (tertiary/aromatic N) is 5. The van der Waals surface area contributed by atoms with Crippen LogP contribution in [0.4, 0.5) is 10.1 Å². The molecule has 0 aliphatic carbocycles. The summed E-state index contributed by atoms with van der Waals surface area (Å²) < 4.78 is 14.9. The first kappa shape index (κ1) is 24.7.